The lowest BCUT2D eigenvalue weighted by atomic mass is 9.72. The number of aliphatic hydroxyl groups excluding tert-OH is 1. The molecular formula is C13H21F3O3. The van der Waals surface area contributed by atoms with Gasteiger partial charge in [0.2, 0.25) is 0 Å². The standard InChI is InChI=1S/C13H21F3O3/c1-12(2,11(18)19)7-8-3-5-9(6-4-8)10(17)13(14,15)16/h8-10,17H,3-7H2,1-2H3,(H,18,19). The molecule has 0 heterocycles. The molecule has 3 nitrogen and oxygen atoms in total. The third-order valence-electron chi connectivity index (χ3n) is 4.05. The summed E-state index contributed by atoms with van der Waals surface area (Å²) in [6.45, 7) is 3.26. The molecule has 0 aromatic rings. The van der Waals surface area contributed by atoms with E-state index in [0.717, 1.165) is 0 Å². The summed E-state index contributed by atoms with van der Waals surface area (Å²) < 4.78 is 37.1. The summed E-state index contributed by atoms with van der Waals surface area (Å²) in [6, 6.07) is 0. The quantitative estimate of drug-likeness (QED) is 0.832. The number of carboxylic acids is 1. The SMILES string of the molecule is CC(C)(CC1CCC(C(O)C(F)(F)F)CC1)C(=O)O. The lowest BCUT2D eigenvalue weighted by molar-refractivity contribution is -0.222. The van der Waals surface area contributed by atoms with Gasteiger partial charge in [-0.1, -0.05) is 12.8 Å². The van der Waals surface area contributed by atoms with Gasteiger partial charge in [0.05, 0.1) is 5.41 Å². The predicted octanol–water partition coefficient (Wildman–Crippen LogP) is 3.22. The number of rotatable bonds is 4. The van der Waals surface area contributed by atoms with Gasteiger partial charge in [-0.25, -0.2) is 0 Å². The van der Waals surface area contributed by atoms with Crippen LogP contribution in [0.1, 0.15) is 46.0 Å². The van der Waals surface area contributed by atoms with Gasteiger partial charge in [-0.3, -0.25) is 4.79 Å². The van der Waals surface area contributed by atoms with Gasteiger partial charge in [-0.2, -0.15) is 13.2 Å². The van der Waals surface area contributed by atoms with Crippen molar-refractivity contribution in [2.45, 2.75) is 58.2 Å². The van der Waals surface area contributed by atoms with Crippen LogP contribution >= 0.6 is 0 Å². The Kier molecular flexibility index (Phi) is 4.87. The number of alkyl halides is 3. The second-order valence-electron chi connectivity index (χ2n) is 6.16. The molecule has 1 unspecified atom stereocenters. The van der Waals surface area contributed by atoms with Crippen molar-refractivity contribution in [3.05, 3.63) is 0 Å². The highest BCUT2D eigenvalue weighted by molar-refractivity contribution is 5.73. The Hall–Kier alpha value is -0.780. The fraction of sp³-hybridized carbons (Fsp3) is 0.923. The second kappa shape index (κ2) is 5.69. The predicted molar refractivity (Wildman–Crippen MR) is 63.5 cm³/mol. The van der Waals surface area contributed by atoms with Crippen LogP contribution in [0.2, 0.25) is 0 Å². The maximum absolute atomic E-state index is 12.4. The van der Waals surface area contributed by atoms with Crippen LogP contribution in [0.25, 0.3) is 0 Å². The summed E-state index contributed by atoms with van der Waals surface area (Å²) in [5.74, 6) is -1.50. The van der Waals surface area contributed by atoms with Crippen molar-refractivity contribution in [1.29, 1.82) is 0 Å². The zero-order chi connectivity index (χ0) is 14.8. The normalized spacial score (nSPS) is 27.1. The summed E-state index contributed by atoms with van der Waals surface area (Å²) in [6.07, 6.45) is -4.62. The molecule has 1 fully saturated rings. The van der Waals surface area contributed by atoms with E-state index in [1.54, 1.807) is 13.8 Å². The third kappa shape index (κ3) is 4.37. The van der Waals surface area contributed by atoms with E-state index in [2.05, 4.69) is 0 Å². The third-order valence-corrected chi connectivity index (χ3v) is 4.05. The molecule has 1 rings (SSSR count). The van der Waals surface area contributed by atoms with Crippen LogP contribution in [0.5, 0.6) is 0 Å². The molecule has 2 N–H and O–H groups in total. The Morgan fingerprint density at radius 3 is 2.05 bits per heavy atom. The number of aliphatic carboxylic acids is 1. The van der Waals surface area contributed by atoms with Gasteiger partial charge in [-0.05, 0) is 44.9 Å². The average Bonchev–Trinajstić information content (AvgIpc) is 2.27. The molecule has 1 atom stereocenters. The Morgan fingerprint density at radius 1 is 1.21 bits per heavy atom. The van der Waals surface area contributed by atoms with E-state index in [0.29, 0.717) is 32.1 Å². The maximum atomic E-state index is 12.4. The summed E-state index contributed by atoms with van der Waals surface area (Å²) in [4.78, 5) is 11.0. The Morgan fingerprint density at radius 2 is 1.68 bits per heavy atom. The minimum atomic E-state index is -4.56. The van der Waals surface area contributed by atoms with Crippen molar-refractivity contribution in [3.8, 4) is 0 Å². The monoisotopic (exact) mass is 282 g/mol. The number of hydrogen-bond donors (Lipinski definition) is 2. The number of hydrogen-bond acceptors (Lipinski definition) is 2. The highest BCUT2D eigenvalue weighted by Crippen LogP contribution is 2.40. The molecule has 0 aromatic carbocycles. The van der Waals surface area contributed by atoms with Gasteiger partial charge < -0.3 is 10.2 Å². The fourth-order valence-corrected chi connectivity index (χ4v) is 2.78. The van der Waals surface area contributed by atoms with E-state index in [1.165, 1.54) is 0 Å². The van der Waals surface area contributed by atoms with Gasteiger partial charge in [0.25, 0.3) is 0 Å². The van der Waals surface area contributed by atoms with Crippen LogP contribution in [0.3, 0.4) is 0 Å². The Balaban J connectivity index is 2.48. The zero-order valence-corrected chi connectivity index (χ0v) is 11.2. The zero-order valence-electron chi connectivity index (χ0n) is 11.2. The molecule has 0 aliphatic heterocycles. The number of halogens is 3. The molecule has 0 saturated heterocycles. The first-order valence-electron chi connectivity index (χ1n) is 6.52. The van der Waals surface area contributed by atoms with Crippen LogP contribution in [-0.4, -0.2) is 28.5 Å². The number of carbonyl (C=O) groups is 1. The Bertz CT molecular complexity index is 318. The first kappa shape index (κ1) is 16.3. The van der Waals surface area contributed by atoms with Gasteiger partial charge in [0.1, 0.15) is 0 Å². The molecule has 0 radical (unpaired) electrons. The highest BCUT2D eigenvalue weighted by atomic mass is 19.4. The van der Waals surface area contributed by atoms with Crippen LogP contribution in [-0.2, 0) is 4.79 Å². The van der Waals surface area contributed by atoms with Crippen molar-refractivity contribution >= 4 is 5.97 Å². The van der Waals surface area contributed by atoms with Crippen molar-refractivity contribution in [1.82, 2.24) is 0 Å². The van der Waals surface area contributed by atoms with Crippen molar-refractivity contribution in [3.63, 3.8) is 0 Å². The van der Waals surface area contributed by atoms with Crippen LogP contribution in [0.15, 0.2) is 0 Å². The summed E-state index contributed by atoms with van der Waals surface area (Å²) in [5.41, 5.74) is -0.847. The molecule has 0 aromatic heterocycles. The first-order valence-corrected chi connectivity index (χ1v) is 6.52. The number of aliphatic hydroxyl groups is 1. The van der Waals surface area contributed by atoms with Crippen LogP contribution in [0.4, 0.5) is 13.2 Å². The van der Waals surface area contributed by atoms with Gasteiger partial charge in [-0.15, -0.1) is 0 Å². The van der Waals surface area contributed by atoms with Gasteiger partial charge in [0, 0.05) is 0 Å². The molecule has 0 bridgehead atoms. The minimum Gasteiger partial charge on any atom is -0.481 e. The molecule has 6 heteroatoms. The summed E-state index contributed by atoms with van der Waals surface area (Å²) in [7, 11) is 0. The van der Waals surface area contributed by atoms with Crippen LogP contribution in [0, 0.1) is 17.3 Å². The summed E-state index contributed by atoms with van der Waals surface area (Å²) in [5, 5.41) is 18.2. The van der Waals surface area contributed by atoms with Crippen molar-refractivity contribution < 1.29 is 28.2 Å². The highest BCUT2D eigenvalue weighted by Gasteiger charge is 2.44. The van der Waals surface area contributed by atoms with E-state index in [4.69, 9.17) is 5.11 Å². The molecule has 19 heavy (non-hydrogen) atoms. The van der Waals surface area contributed by atoms with Crippen molar-refractivity contribution in [2.24, 2.45) is 17.3 Å². The van der Waals surface area contributed by atoms with Gasteiger partial charge in [0.15, 0.2) is 6.10 Å². The fourth-order valence-electron chi connectivity index (χ4n) is 2.78. The van der Waals surface area contributed by atoms with E-state index < -0.39 is 29.6 Å². The van der Waals surface area contributed by atoms with Crippen LogP contribution < -0.4 is 0 Å². The molecular weight excluding hydrogens is 261 g/mol. The lowest BCUT2D eigenvalue weighted by Crippen LogP contribution is -2.38. The molecule has 1 aliphatic carbocycles. The smallest absolute Gasteiger partial charge is 0.414 e. The van der Waals surface area contributed by atoms with E-state index >= 15 is 0 Å². The molecule has 112 valence electrons. The molecule has 1 aliphatic rings. The molecule has 1 saturated carbocycles. The molecule has 0 spiro atoms. The van der Waals surface area contributed by atoms with E-state index in [-0.39, 0.29) is 5.92 Å². The lowest BCUT2D eigenvalue weighted by Gasteiger charge is -2.34. The average molecular weight is 282 g/mol. The topological polar surface area (TPSA) is 57.5 Å². The maximum Gasteiger partial charge on any atom is 0.414 e. The number of carboxylic acid groups (broad SMARTS) is 1. The molecule has 0 amide bonds. The Labute approximate surface area is 110 Å². The van der Waals surface area contributed by atoms with E-state index in [1.807, 2.05) is 0 Å². The van der Waals surface area contributed by atoms with Crippen molar-refractivity contribution in [2.75, 3.05) is 0 Å². The van der Waals surface area contributed by atoms with Gasteiger partial charge >= 0.3 is 12.1 Å². The second-order valence-corrected chi connectivity index (χ2v) is 6.16. The largest absolute Gasteiger partial charge is 0.481 e. The first-order chi connectivity index (χ1) is 8.54. The summed E-state index contributed by atoms with van der Waals surface area (Å²) >= 11 is 0. The van der Waals surface area contributed by atoms with E-state index in [9.17, 15) is 23.1 Å². The minimum absolute atomic E-state index is 0.128.